The first-order valence-corrected chi connectivity index (χ1v) is 8.17. The van der Waals surface area contributed by atoms with Gasteiger partial charge in [0.2, 0.25) is 0 Å². The van der Waals surface area contributed by atoms with E-state index in [1.54, 1.807) is 42.7 Å². The van der Waals surface area contributed by atoms with E-state index >= 15 is 0 Å². The Morgan fingerprint density at radius 2 is 1.68 bits per heavy atom. The molecule has 2 aromatic rings. The lowest BCUT2D eigenvalue weighted by Crippen LogP contribution is -2.41. The topological polar surface area (TPSA) is 40.6 Å². The molecule has 1 aliphatic rings. The van der Waals surface area contributed by atoms with Crippen molar-refractivity contribution in [3.8, 4) is 11.5 Å². The highest BCUT2D eigenvalue weighted by molar-refractivity contribution is 6.54. The number of pyridine rings is 1. The Hall–Kier alpha value is -2.18. The Morgan fingerprint density at radius 1 is 1.04 bits per heavy atom. The summed E-state index contributed by atoms with van der Waals surface area (Å²) >= 11 is 0. The van der Waals surface area contributed by atoms with Gasteiger partial charge in [-0.15, -0.1) is 0 Å². The lowest BCUT2D eigenvalue weighted by Gasteiger charge is -2.32. The lowest BCUT2D eigenvalue weighted by molar-refractivity contribution is 0.00578. The molecule has 4 nitrogen and oxygen atoms in total. The highest BCUT2D eigenvalue weighted by Crippen LogP contribution is 2.39. The minimum atomic E-state index is -0.990. The fourth-order valence-electron chi connectivity index (χ4n) is 2.36. The van der Waals surface area contributed by atoms with Crippen LogP contribution in [0.25, 0.3) is 6.08 Å². The van der Waals surface area contributed by atoms with Crippen LogP contribution in [0.5, 0.6) is 11.5 Å². The smallest absolute Gasteiger partial charge is 0.456 e. The molecule has 130 valence electrons. The second kappa shape index (κ2) is 6.62. The highest BCUT2D eigenvalue weighted by Gasteiger charge is 2.53. The summed E-state index contributed by atoms with van der Waals surface area (Å²) in [4.78, 5) is 3.99. The molecular weight excluding hydrogens is 320 g/mol. The van der Waals surface area contributed by atoms with Gasteiger partial charge >= 0.3 is 7.12 Å². The van der Waals surface area contributed by atoms with E-state index in [1.165, 1.54) is 6.08 Å². The second-order valence-electron chi connectivity index (χ2n) is 6.98. The van der Waals surface area contributed by atoms with E-state index in [-0.39, 0.29) is 0 Å². The molecule has 1 saturated heterocycles. The zero-order valence-corrected chi connectivity index (χ0v) is 14.8. The molecule has 25 heavy (non-hydrogen) atoms. The van der Waals surface area contributed by atoms with Crippen molar-refractivity contribution in [2.45, 2.75) is 38.9 Å². The van der Waals surface area contributed by atoms with Crippen molar-refractivity contribution in [2.24, 2.45) is 0 Å². The molecule has 1 fully saturated rings. The Bertz CT molecular complexity index is 744. The first-order valence-electron chi connectivity index (χ1n) is 8.17. The molecule has 0 amide bonds. The summed E-state index contributed by atoms with van der Waals surface area (Å²) < 4.78 is 31.6. The van der Waals surface area contributed by atoms with Gasteiger partial charge in [0.25, 0.3) is 0 Å². The third-order valence-corrected chi connectivity index (χ3v) is 4.53. The summed E-state index contributed by atoms with van der Waals surface area (Å²) in [7, 11) is -0.990. The zero-order chi connectivity index (χ0) is 18.1. The van der Waals surface area contributed by atoms with Gasteiger partial charge in [-0.25, -0.2) is 4.39 Å². The molecule has 0 spiro atoms. The van der Waals surface area contributed by atoms with Crippen molar-refractivity contribution in [2.75, 3.05) is 0 Å². The molecule has 0 unspecified atom stereocenters. The number of benzene rings is 1. The molecule has 0 radical (unpaired) electrons. The number of aromatic nitrogens is 1. The van der Waals surface area contributed by atoms with E-state index in [4.69, 9.17) is 14.0 Å². The number of hydrogen-bond acceptors (Lipinski definition) is 4. The van der Waals surface area contributed by atoms with Gasteiger partial charge in [-0.3, -0.25) is 4.98 Å². The summed E-state index contributed by atoms with van der Waals surface area (Å²) in [5.41, 5.74) is -0.889. The van der Waals surface area contributed by atoms with Crippen LogP contribution in [0.15, 0.2) is 54.5 Å². The summed E-state index contributed by atoms with van der Waals surface area (Å²) in [5, 5.41) is 0. The Labute approximate surface area is 147 Å². The van der Waals surface area contributed by atoms with Crippen molar-refractivity contribution < 1.29 is 18.4 Å². The molecule has 0 N–H and O–H groups in total. The molecule has 0 aliphatic carbocycles. The first-order chi connectivity index (χ1) is 11.8. The van der Waals surface area contributed by atoms with E-state index in [2.05, 4.69) is 4.98 Å². The Kier molecular flexibility index (Phi) is 4.67. The van der Waals surface area contributed by atoms with Crippen molar-refractivity contribution in [1.82, 2.24) is 4.98 Å². The van der Waals surface area contributed by atoms with Crippen LogP contribution in [0.2, 0.25) is 0 Å². The molecule has 0 bridgehead atoms. The molecule has 2 heterocycles. The first kappa shape index (κ1) is 17.6. The molecule has 1 aliphatic heterocycles. The van der Waals surface area contributed by atoms with Gasteiger partial charge in [0.15, 0.2) is 0 Å². The van der Waals surface area contributed by atoms with Crippen LogP contribution in [0.4, 0.5) is 4.39 Å². The summed E-state index contributed by atoms with van der Waals surface area (Å²) in [6.07, 6.45) is 4.72. The number of halogens is 1. The van der Waals surface area contributed by atoms with Gasteiger partial charge in [-0.2, -0.15) is 0 Å². The van der Waals surface area contributed by atoms with Crippen molar-refractivity contribution in [1.29, 1.82) is 0 Å². The standard InChI is InChI=1S/C19H21BFNO3/c1-18(2)19(3,4)25-20(24-18)17(21)12-14-7-9-15(10-8-14)23-16-6-5-11-22-13-16/h5-13H,1-4H3. The number of hydrogen-bond donors (Lipinski definition) is 0. The zero-order valence-electron chi connectivity index (χ0n) is 14.8. The number of rotatable bonds is 4. The van der Waals surface area contributed by atoms with E-state index in [0.29, 0.717) is 17.1 Å². The SMILES string of the molecule is CC1(C)OB(C(F)=Cc2ccc(Oc3cccnc3)cc2)OC1(C)C. The fourth-order valence-corrected chi connectivity index (χ4v) is 2.36. The third kappa shape index (κ3) is 3.91. The average molecular weight is 341 g/mol. The van der Waals surface area contributed by atoms with Crippen LogP contribution < -0.4 is 4.74 Å². The van der Waals surface area contributed by atoms with Gasteiger partial charge in [-0.05, 0) is 63.6 Å². The van der Waals surface area contributed by atoms with Crippen molar-refractivity contribution in [3.05, 3.63) is 60.1 Å². The normalized spacial score (nSPS) is 19.1. The van der Waals surface area contributed by atoms with E-state index < -0.39 is 24.0 Å². The minimum absolute atomic E-state index is 0.459. The molecule has 0 saturated carbocycles. The summed E-state index contributed by atoms with van der Waals surface area (Å²) in [6, 6.07) is 10.7. The summed E-state index contributed by atoms with van der Waals surface area (Å²) in [6.45, 7) is 7.57. The van der Waals surface area contributed by atoms with Gasteiger partial charge < -0.3 is 14.0 Å². The number of ether oxygens (including phenoxy) is 1. The monoisotopic (exact) mass is 341 g/mol. The van der Waals surface area contributed by atoms with Crippen LogP contribution in [-0.2, 0) is 9.31 Å². The maximum absolute atomic E-state index is 14.5. The van der Waals surface area contributed by atoms with Crippen LogP contribution in [0, 0.1) is 0 Å². The quantitative estimate of drug-likeness (QED) is 0.748. The Balaban J connectivity index is 1.69. The maximum Gasteiger partial charge on any atom is 0.525 e. The molecule has 3 rings (SSSR count). The van der Waals surface area contributed by atoms with Crippen molar-refractivity contribution >= 4 is 13.2 Å². The molecule has 1 aromatic carbocycles. The fraction of sp³-hybridized carbons (Fsp3) is 0.316. The largest absolute Gasteiger partial charge is 0.525 e. The van der Waals surface area contributed by atoms with E-state index in [9.17, 15) is 4.39 Å². The number of nitrogens with zero attached hydrogens (tertiary/aromatic N) is 1. The van der Waals surface area contributed by atoms with Gasteiger partial charge in [0, 0.05) is 6.20 Å². The third-order valence-electron chi connectivity index (χ3n) is 4.53. The lowest BCUT2D eigenvalue weighted by atomic mass is 9.87. The van der Waals surface area contributed by atoms with Gasteiger partial charge in [0.1, 0.15) is 17.2 Å². The van der Waals surface area contributed by atoms with Crippen molar-refractivity contribution in [3.63, 3.8) is 0 Å². The van der Waals surface area contributed by atoms with Crippen LogP contribution in [0.3, 0.4) is 0 Å². The second-order valence-corrected chi connectivity index (χ2v) is 6.98. The highest BCUT2D eigenvalue weighted by atomic mass is 19.1. The average Bonchev–Trinajstić information content (AvgIpc) is 2.78. The Morgan fingerprint density at radius 3 is 2.24 bits per heavy atom. The predicted octanol–water partition coefficient (Wildman–Crippen LogP) is 4.82. The van der Waals surface area contributed by atoms with Crippen LogP contribution in [-0.4, -0.2) is 23.3 Å². The van der Waals surface area contributed by atoms with E-state index in [0.717, 1.165) is 0 Å². The molecular formula is C19H21BFNO3. The molecule has 6 heteroatoms. The van der Waals surface area contributed by atoms with Gasteiger partial charge in [-0.1, -0.05) is 12.1 Å². The van der Waals surface area contributed by atoms with E-state index in [1.807, 2.05) is 33.8 Å². The summed E-state index contributed by atoms with van der Waals surface area (Å²) in [5.74, 6) is 1.30. The molecule has 1 aromatic heterocycles. The van der Waals surface area contributed by atoms with Crippen LogP contribution >= 0.6 is 0 Å². The maximum atomic E-state index is 14.5. The van der Waals surface area contributed by atoms with Crippen LogP contribution in [0.1, 0.15) is 33.3 Å². The predicted molar refractivity (Wildman–Crippen MR) is 95.9 cm³/mol. The van der Waals surface area contributed by atoms with Gasteiger partial charge in [0.05, 0.1) is 17.4 Å². The minimum Gasteiger partial charge on any atom is -0.456 e. The molecule has 0 atom stereocenters.